The summed E-state index contributed by atoms with van der Waals surface area (Å²) in [7, 11) is 0. The Hall–Kier alpha value is -1.10. The number of nitrogens with zero attached hydrogens (tertiary/aromatic N) is 2. The third kappa shape index (κ3) is 4.20. The zero-order valence-electron chi connectivity index (χ0n) is 11.6. The molecule has 0 saturated heterocycles. The average molecular weight is 308 g/mol. The molecule has 0 aliphatic heterocycles. The van der Waals surface area contributed by atoms with Gasteiger partial charge >= 0.3 is 0 Å². The Bertz CT molecular complexity index is 589. The van der Waals surface area contributed by atoms with Crippen molar-refractivity contribution in [1.29, 1.82) is 0 Å². The third-order valence-electron chi connectivity index (χ3n) is 3.01. The molecule has 106 valence electrons. The number of nitrogens with two attached hydrogens (primary N) is 1. The van der Waals surface area contributed by atoms with E-state index in [1.807, 2.05) is 31.2 Å². The fraction of sp³-hybridized carbons (Fsp3) is 0.333. The largest absolute Gasteiger partial charge is 0.327 e. The predicted octanol–water partition coefficient (Wildman–Crippen LogP) is 3.87. The summed E-state index contributed by atoms with van der Waals surface area (Å²) in [5, 5.41) is 1.45. The van der Waals surface area contributed by atoms with Crippen molar-refractivity contribution in [2.24, 2.45) is 5.73 Å². The Morgan fingerprint density at radius 1 is 1.35 bits per heavy atom. The van der Waals surface area contributed by atoms with Crippen LogP contribution in [0.1, 0.15) is 24.6 Å². The average Bonchev–Trinajstić information content (AvgIpc) is 2.41. The van der Waals surface area contributed by atoms with Gasteiger partial charge in [0.15, 0.2) is 5.16 Å². The zero-order valence-corrected chi connectivity index (χ0v) is 13.2. The van der Waals surface area contributed by atoms with Crippen molar-refractivity contribution < 1.29 is 0 Å². The van der Waals surface area contributed by atoms with Gasteiger partial charge in [-0.3, -0.25) is 0 Å². The molecular formula is C15H18ClN3S. The minimum Gasteiger partial charge on any atom is -0.327 e. The van der Waals surface area contributed by atoms with Crippen LogP contribution in [0, 0.1) is 6.92 Å². The van der Waals surface area contributed by atoms with Gasteiger partial charge in [-0.15, -0.1) is 0 Å². The zero-order chi connectivity index (χ0) is 14.5. The Labute approximate surface area is 129 Å². The Morgan fingerprint density at radius 3 is 2.85 bits per heavy atom. The van der Waals surface area contributed by atoms with Crippen molar-refractivity contribution in [2.75, 3.05) is 0 Å². The molecule has 1 heterocycles. The van der Waals surface area contributed by atoms with E-state index in [4.69, 9.17) is 17.3 Å². The number of halogens is 1. The summed E-state index contributed by atoms with van der Waals surface area (Å²) in [5.41, 5.74) is 8.20. The lowest BCUT2D eigenvalue weighted by Crippen LogP contribution is -2.21. The number of rotatable bonds is 5. The van der Waals surface area contributed by atoms with Crippen molar-refractivity contribution in [3.63, 3.8) is 0 Å². The molecule has 0 amide bonds. The second-order valence-electron chi connectivity index (χ2n) is 4.71. The first-order valence-electron chi connectivity index (χ1n) is 6.60. The maximum atomic E-state index is 6.10. The summed E-state index contributed by atoms with van der Waals surface area (Å²) in [6.45, 7) is 4.05. The molecule has 2 rings (SSSR count). The predicted molar refractivity (Wildman–Crippen MR) is 84.3 cm³/mol. The summed E-state index contributed by atoms with van der Waals surface area (Å²) in [6, 6.07) is 7.94. The van der Waals surface area contributed by atoms with Crippen molar-refractivity contribution >= 4 is 23.4 Å². The van der Waals surface area contributed by atoms with E-state index >= 15 is 0 Å². The Balaban J connectivity index is 2.27. The highest BCUT2D eigenvalue weighted by molar-refractivity contribution is 7.99. The molecule has 1 aromatic carbocycles. The van der Waals surface area contributed by atoms with E-state index in [0.29, 0.717) is 5.02 Å². The lowest BCUT2D eigenvalue weighted by atomic mass is 10.1. The molecule has 0 fully saturated rings. The van der Waals surface area contributed by atoms with E-state index in [-0.39, 0.29) is 6.04 Å². The smallest absolute Gasteiger partial charge is 0.192 e. The van der Waals surface area contributed by atoms with Crippen LogP contribution in [-0.2, 0) is 6.42 Å². The second-order valence-corrected chi connectivity index (χ2v) is 6.15. The van der Waals surface area contributed by atoms with Gasteiger partial charge in [0.05, 0.1) is 0 Å². The Morgan fingerprint density at radius 2 is 2.15 bits per heavy atom. The molecule has 20 heavy (non-hydrogen) atoms. The molecule has 0 radical (unpaired) electrons. The topological polar surface area (TPSA) is 51.8 Å². The molecule has 0 saturated carbocycles. The minimum atomic E-state index is 0.161. The van der Waals surface area contributed by atoms with E-state index in [9.17, 15) is 0 Å². The third-order valence-corrected chi connectivity index (χ3v) is 4.22. The van der Waals surface area contributed by atoms with Crippen LogP contribution in [0.5, 0.6) is 0 Å². The molecular weight excluding hydrogens is 290 g/mol. The molecule has 2 N–H and O–H groups in total. The van der Waals surface area contributed by atoms with Gasteiger partial charge in [0.1, 0.15) is 0 Å². The van der Waals surface area contributed by atoms with Gasteiger partial charge in [0.25, 0.3) is 0 Å². The number of hydrogen-bond acceptors (Lipinski definition) is 4. The molecule has 1 aromatic heterocycles. The van der Waals surface area contributed by atoms with Crippen molar-refractivity contribution in [1.82, 2.24) is 9.97 Å². The maximum absolute atomic E-state index is 6.10. The summed E-state index contributed by atoms with van der Waals surface area (Å²) >= 11 is 7.63. The van der Waals surface area contributed by atoms with E-state index < -0.39 is 0 Å². The number of aryl methyl sites for hydroxylation is 1. The summed E-state index contributed by atoms with van der Waals surface area (Å²) in [5.74, 6) is 0. The molecule has 2 aromatic rings. The molecule has 0 bridgehead atoms. The van der Waals surface area contributed by atoms with Gasteiger partial charge < -0.3 is 5.73 Å². The SMILES string of the molecule is CCC(N)Cc1ccc(Cl)cc1Sc1nccc(C)n1. The summed E-state index contributed by atoms with van der Waals surface area (Å²) in [4.78, 5) is 9.77. The normalized spacial score (nSPS) is 12.4. The van der Waals surface area contributed by atoms with Crippen LogP contribution >= 0.6 is 23.4 Å². The van der Waals surface area contributed by atoms with Gasteiger partial charge in [-0.2, -0.15) is 0 Å². The highest BCUT2D eigenvalue weighted by Crippen LogP contribution is 2.31. The molecule has 0 aliphatic rings. The van der Waals surface area contributed by atoms with Crippen LogP contribution in [0.3, 0.4) is 0 Å². The van der Waals surface area contributed by atoms with Crippen molar-refractivity contribution in [2.45, 2.75) is 42.8 Å². The van der Waals surface area contributed by atoms with Crippen LogP contribution in [0.25, 0.3) is 0 Å². The first-order chi connectivity index (χ1) is 9.58. The quantitative estimate of drug-likeness (QED) is 0.852. The lowest BCUT2D eigenvalue weighted by molar-refractivity contribution is 0.641. The molecule has 1 atom stereocenters. The monoisotopic (exact) mass is 307 g/mol. The van der Waals surface area contributed by atoms with E-state index in [2.05, 4.69) is 16.9 Å². The van der Waals surface area contributed by atoms with Gasteiger partial charge in [-0.05, 0) is 55.3 Å². The van der Waals surface area contributed by atoms with Gasteiger partial charge in [-0.1, -0.05) is 24.6 Å². The van der Waals surface area contributed by atoms with Crippen LogP contribution in [0.2, 0.25) is 5.02 Å². The second kappa shape index (κ2) is 7.07. The minimum absolute atomic E-state index is 0.161. The van der Waals surface area contributed by atoms with Crippen molar-refractivity contribution in [3.05, 3.63) is 46.7 Å². The highest BCUT2D eigenvalue weighted by Gasteiger charge is 2.10. The fourth-order valence-electron chi connectivity index (χ4n) is 1.79. The standard InChI is InChI=1S/C15H18ClN3S/c1-3-13(17)8-11-4-5-12(16)9-14(11)20-15-18-7-6-10(2)19-15/h4-7,9,13H,3,8,17H2,1-2H3. The highest BCUT2D eigenvalue weighted by atomic mass is 35.5. The van der Waals surface area contributed by atoms with E-state index in [1.54, 1.807) is 6.20 Å². The van der Waals surface area contributed by atoms with Crippen LogP contribution in [0.4, 0.5) is 0 Å². The summed E-state index contributed by atoms with van der Waals surface area (Å²) in [6.07, 6.45) is 3.56. The molecule has 3 nitrogen and oxygen atoms in total. The van der Waals surface area contributed by atoms with Crippen LogP contribution < -0.4 is 5.73 Å². The van der Waals surface area contributed by atoms with Gasteiger partial charge in [0, 0.05) is 27.9 Å². The first-order valence-corrected chi connectivity index (χ1v) is 7.79. The lowest BCUT2D eigenvalue weighted by Gasteiger charge is -2.13. The van der Waals surface area contributed by atoms with Gasteiger partial charge in [-0.25, -0.2) is 9.97 Å². The molecule has 0 aliphatic carbocycles. The van der Waals surface area contributed by atoms with Crippen molar-refractivity contribution in [3.8, 4) is 0 Å². The van der Waals surface area contributed by atoms with Gasteiger partial charge in [0.2, 0.25) is 0 Å². The van der Waals surface area contributed by atoms with E-state index in [0.717, 1.165) is 28.6 Å². The Kier molecular flexibility index (Phi) is 5.40. The maximum Gasteiger partial charge on any atom is 0.192 e. The number of aromatic nitrogens is 2. The van der Waals surface area contributed by atoms with E-state index in [1.165, 1.54) is 17.3 Å². The first kappa shape index (κ1) is 15.3. The summed E-state index contributed by atoms with van der Waals surface area (Å²) < 4.78 is 0. The molecule has 0 spiro atoms. The number of benzene rings is 1. The fourth-order valence-corrected chi connectivity index (χ4v) is 3.00. The van der Waals surface area contributed by atoms with Crippen LogP contribution in [-0.4, -0.2) is 16.0 Å². The molecule has 1 unspecified atom stereocenters. The van der Waals surface area contributed by atoms with Crippen LogP contribution in [0.15, 0.2) is 40.5 Å². The molecule has 5 heteroatoms. The number of hydrogen-bond donors (Lipinski definition) is 1.